The van der Waals surface area contributed by atoms with Crippen molar-refractivity contribution in [3.05, 3.63) is 47.1 Å². The molecule has 1 aromatic carbocycles. The van der Waals surface area contributed by atoms with Crippen molar-refractivity contribution in [2.75, 3.05) is 13.1 Å². The molecular weight excluding hydrogens is 306 g/mol. The van der Waals surface area contributed by atoms with Crippen molar-refractivity contribution in [2.24, 2.45) is 0 Å². The molecule has 2 aromatic rings. The molecule has 6 nitrogen and oxygen atoms in total. The van der Waals surface area contributed by atoms with Crippen LogP contribution in [0, 0.1) is 0 Å². The van der Waals surface area contributed by atoms with Gasteiger partial charge in [-0.1, -0.05) is 31.1 Å². The summed E-state index contributed by atoms with van der Waals surface area (Å²) < 4.78 is 5.34. The van der Waals surface area contributed by atoms with Crippen LogP contribution in [0.3, 0.4) is 0 Å². The minimum absolute atomic E-state index is 0.268. The Balaban J connectivity index is 1.64. The van der Waals surface area contributed by atoms with Crippen LogP contribution in [0.2, 0.25) is 0 Å². The zero-order chi connectivity index (χ0) is 17.1. The molecule has 0 amide bonds. The van der Waals surface area contributed by atoms with Gasteiger partial charge in [-0.2, -0.15) is 4.98 Å². The van der Waals surface area contributed by atoms with E-state index >= 15 is 0 Å². The first-order valence-electron chi connectivity index (χ1n) is 8.41. The smallest absolute Gasteiger partial charge is 0.335 e. The van der Waals surface area contributed by atoms with Gasteiger partial charge in [0.05, 0.1) is 12.1 Å². The van der Waals surface area contributed by atoms with Gasteiger partial charge in [-0.05, 0) is 43.0 Å². The topological polar surface area (TPSA) is 79.5 Å². The van der Waals surface area contributed by atoms with Crippen LogP contribution in [0.5, 0.6) is 0 Å². The summed E-state index contributed by atoms with van der Waals surface area (Å²) in [5.41, 5.74) is 1.52. The third-order valence-corrected chi connectivity index (χ3v) is 4.49. The van der Waals surface area contributed by atoms with E-state index in [0.717, 1.165) is 31.8 Å². The van der Waals surface area contributed by atoms with E-state index in [1.807, 2.05) is 26.0 Å². The van der Waals surface area contributed by atoms with Crippen LogP contribution in [0.1, 0.15) is 66.2 Å². The van der Waals surface area contributed by atoms with Gasteiger partial charge in [0.2, 0.25) is 5.89 Å². The molecule has 1 fully saturated rings. The van der Waals surface area contributed by atoms with Crippen LogP contribution < -0.4 is 0 Å². The van der Waals surface area contributed by atoms with Crippen LogP contribution in [0.15, 0.2) is 28.8 Å². The van der Waals surface area contributed by atoms with Crippen LogP contribution in [0.25, 0.3) is 0 Å². The van der Waals surface area contributed by atoms with E-state index in [4.69, 9.17) is 9.63 Å². The van der Waals surface area contributed by atoms with E-state index in [-0.39, 0.29) is 5.92 Å². The fourth-order valence-corrected chi connectivity index (χ4v) is 3.13. The lowest BCUT2D eigenvalue weighted by Crippen LogP contribution is -2.34. The molecule has 1 saturated heterocycles. The van der Waals surface area contributed by atoms with Crippen molar-refractivity contribution in [3.8, 4) is 0 Å². The van der Waals surface area contributed by atoms with Crippen LogP contribution in [-0.4, -0.2) is 39.2 Å². The number of carboxylic acid groups (broad SMARTS) is 1. The molecule has 128 valence electrons. The minimum atomic E-state index is -0.885. The van der Waals surface area contributed by atoms with E-state index in [1.165, 1.54) is 5.56 Å². The number of aromatic nitrogens is 2. The average molecular weight is 329 g/mol. The third kappa shape index (κ3) is 3.82. The normalized spacial score (nSPS) is 18.9. The van der Waals surface area contributed by atoms with Crippen LogP contribution in [0.4, 0.5) is 0 Å². The van der Waals surface area contributed by atoms with Crippen LogP contribution in [-0.2, 0) is 6.54 Å². The van der Waals surface area contributed by atoms with Gasteiger partial charge in [0.1, 0.15) is 0 Å². The number of nitrogens with zero attached hydrogens (tertiary/aromatic N) is 3. The second-order valence-electron chi connectivity index (χ2n) is 6.70. The molecule has 1 N–H and O–H groups in total. The largest absolute Gasteiger partial charge is 0.478 e. The standard InChI is InChI=1S/C18H23N3O3/c1-12(2)17-19-16(24-20-17)11-21-9-3-4-15(10-21)13-5-7-14(8-6-13)18(22)23/h5-8,12,15H,3-4,9-11H2,1-2H3,(H,22,23)/t15-/m0/s1. The van der Waals surface area contributed by atoms with Gasteiger partial charge in [-0.3, -0.25) is 4.90 Å². The second-order valence-corrected chi connectivity index (χ2v) is 6.70. The first kappa shape index (κ1) is 16.6. The van der Waals surface area contributed by atoms with E-state index in [9.17, 15) is 4.79 Å². The van der Waals surface area contributed by atoms with E-state index in [0.29, 0.717) is 23.9 Å². The second kappa shape index (κ2) is 7.13. The lowest BCUT2D eigenvalue weighted by molar-refractivity contribution is 0.0697. The summed E-state index contributed by atoms with van der Waals surface area (Å²) in [4.78, 5) is 17.7. The summed E-state index contributed by atoms with van der Waals surface area (Å²) in [6.07, 6.45) is 2.22. The quantitative estimate of drug-likeness (QED) is 0.907. The number of benzene rings is 1. The zero-order valence-corrected chi connectivity index (χ0v) is 14.1. The highest BCUT2D eigenvalue weighted by Gasteiger charge is 2.23. The Morgan fingerprint density at radius 1 is 1.38 bits per heavy atom. The van der Waals surface area contributed by atoms with Crippen molar-refractivity contribution in [2.45, 2.75) is 45.1 Å². The van der Waals surface area contributed by atoms with Gasteiger partial charge < -0.3 is 9.63 Å². The van der Waals surface area contributed by atoms with Gasteiger partial charge in [-0.25, -0.2) is 4.79 Å². The van der Waals surface area contributed by atoms with E-state index in [2.05, 4.69) is 15.0 Å². The number of hydrogen-bond acceptors (Lipinski definition) is 5. The SMILES string of the molecule is CC(C)c1noc(CN2CCC[C@H](c3ccc(C(=O)O)cc3)C2)n1. The molecule has 0 spiro atoms. The van der Waals surface area contributed by atoms with Crippen molar-refractivity contribution in [1.82, 2.24) is 15.0 Å². The van der Waals surface area contributed by atoms with Gasteiger partial charge in [0.25, 0.3) is 0 Å². The van der Waals surface area contributed by atoms with Crippen molar-refractivity contribution < 1.29 is 14.4 Å². The maximum atomic E-state index is 11.0. The summed E-state index contributed by atoms with van der Waals surface area (Å²) in [6, 6.07) is 7.23. The third-order valence-electron chi connectivity index (χ3n) is 4.49. The van der Waals surface area contributed by atoms with Crippen molar-refractivity contribution >= 4 is 5.97 Å². The van der Waals surface area contributed by atoms with Crippen molar-refractivity contribution in [1.29, 1.82) is 0 Å². The van der Waals surface area contributed by atoms with Crippen LogP contribution >= 0.6 is 0 Å². The predicted molar refractivity (Wildman–Crippen MR) is 89.0 cm³/mol. The summed E-state index contributed by atoms with van der Waals surface area (Å²) in [5, 5.41) is 13.0. The Morgan fingerprint density at radius 3 is 2.75 bits per heavy atom. The molecule has 2 heterocycles. The molecular formula is C18H23N3O3. The first-order chi connectivity index (χ1) is 11.5. The highest BCUT2D eigenvalue weighted by atomic mass is 16.5. The first-order valence-corrected chi connectivity index (χ1v) is 8.41. The van der Waals surface area contributed by atoms with Gasteiger partial charge >= 0.3 is 5.97 Å². The molecule has 0 unspecified atom stereocenters. The molecule has 1 aliphatic heterocycles. The van der Waals surface area contributed by atoms with Gasteiger partial charge in [0, 0.05) is 12.5 Å². The molecule has 24 heavy (non-hydrogen) atoms. The molecule has 3 rings (SSSR count). The Morgan fingerprint density at radius 2 is 2.12 bits per heavy atom. The molecule has 1 aliphatic rings. The molecule has 0 bridgehead atoms. The number of rotatable bonds is 5. The minimum Gasteiger partial charge on any atom is -0.478 e. The van der Waals surface area contributed by atoms with Crippen molar-refractivity contribution in [3.63, 3.8) is 0 Å². The highest BCUT2D eigenvalue weighted by molar-refractivity contribution is 5.87. The Kier molecular flexibility index (Phi) is 4.94. The number of aromatic carboxylic acids is 1. The number of likely N-dealkylation sites (tertiary alicyclic amines) is 1. The fraction of sp³-hybridized carbons (Fsp3) is 0.500. The highest BCUT2D eigenvalue weighted by Crippen LogP contribution is 2.28. The van der Waals surface area contributed by atoms with Gasteiger partial charge in [-0.15, -0.1) is 0 Å². The number of hydrogen-bond donors (Lipinski definition) is 1. The molecule has 1 atom stereocenters. The number of piperidine rings is 1. The van der Waals surface area contributed by atoms with E-state index in [1.54, 1.807) is 12.1 Å². The monoisotopic (exact) mass is 329 g/mol. The Bertz CT molecular complexity index is 694. The Hall–Kier alpha value is -2.21. The zero-order valence-electron chi connectivity index (χ0n) is 14.1. The molecule has 0 radical (unpaired) electrons. The van der Waals surface area contributed by atoms with Gasteiger partial charge in [0.15, 0.2) is 5.82 Å². The predicted octanol–water partition coefficient (Wildman–Crippen LogP) is 3.27. The summed E-state index contributed by atoms with van der Waals surface area (Å²) in [7, 11) is 0. The molecule has 0 aliphatic carbocycles. The Labute approximate surface area is 141 Å². The summed E-state index contributed by atoms with van der Waals surface area (Å²) in [5.74, 6) is 1.21. The molecule has 6 heteroatoms. The summed E-state index contributed by atoms with van der Waals surface area (Å²) in [6.45, 7) is 6.71. The molecule has 0 saturated carbocycles. The molecule has 1 aromatic heterocycles. The lowest BCUT2D eigenvalue weighted by Gasteiger charge is -2.32. The van der Waals surface area contributed by atoms with E-state index < -0.39 is 5.97 Å². The number of carboxylic acids is 1. The number of carbonyl (C=O) groups is 1. The maximum absolute atomic E-state index is 11.0. The summed E-state index contributed by atoms with van der Waals surface area (Å²) >= 11 is 0. The average Bonchev–Trinajstić information content (AvgIpc) is 3.04. The lowest BCUT2D eigenvalue weighted by atomic mass is 9.90. The maximum Gasteiger partial charge on any atom is 0.335 e. The fourth-order valence-electron chi connectivity index (χ4n) is 3.13.